The average molecular weight is 1090 g/mol. The van der Waals surface area contributed by atoms with Crippen LogP contribution < -0.4 is 5.32 Å². The Kier molecular flexibility index (Phi) is 53.6. The van der Waals surface area contributed by atoms with E-state index < -0.39 is 49.5 Å². The van der Waals surface area contributed by atoms with E-state index in [1.807, 2.05) is 6.08 Å². The molecule has 0 spiro atoms. The molecule has 0 radical (unpaired) electrons. The monoisotopic (exact) mass is 1090 g/mol. The summed E-state index contributed by atoms with van der Waals surface area (Å²) in [5, 5.41) is 54.5. The van der Waals surface area contributed by atoms with Gasteiger partial charge in [-0.2, -0.15) is 0 Å². The van der Waals surface area contributed by atoms with E-state index in [4.69, 9.17) is 14.2 Å². The maximum absolute atomic E-state index is 13.1. The highest BCUT2D eigenvalue weighted by atomic mass is 16.7. The van der Waals surface area contributed by atoms with Crippen LogP contribution in [0.1, 0.15) is 335 Å². The number of unbranched alkanes of at least 4 members (excludes halogenated alkanes) is 45. The second-order valence-corrected chi connectivity index (χ2v) is 23.5. The molecule has 1 aliphatic heterocycles. The molecule has 7 atom stereocenters. The van der Waals surface area contributed by atoms with Gasteiger partial charge in [0.15, 0.2) is 6.29 Å². The Labute approximate surface area is 474 Å². The standard InChI is InChI=1S/C66H127NO10/c1-3-5-7-9-11-13-15-16-26-29-33-36-40-44-48-52-59(69)58(57-76-66-65(74)64(73)63(72)60(56-68)77-66)67-61(70)53-49-45-41-37-34-30-27-24-22-20-18-17-19-21-23-25-28-31-35-39-43-47-51-55-75-62(71)54-50-46-42-38-32-14-12-10-8-6-4-2/h48,52,58-60,63-66,68-69,72-74H,3-47,49-51,53-57H2,1-2H3,(H,67,70)/b52-48+. The van der Waals surface area contributed by atoms with Gasteiger partial charge in [-0.25, -0.2) is 0 Å². The van der Waals surface area contributed by atoms with Gasteiger partial charge in [0, 0.05) is 12.8 Å². The average Bonchev–Trinajstić information content (AvgIpc) is 3.43. The summed E-state index contributed by atoms with van der Waals surface area (Å²) >= 11 is 0. The zero-order valence-corrected chi connectivity index (χ0v) is 50.5. The highest BCUT2D eigenvalue weighted by Gasteiger charge is 2.44. The fourth-order valence-corrected chi connectivity index (χ4v) is 10.8. The lowest BCUT2D eigenvalue weighted by Crippen LogP contribution is -2.60. The van der Waals surface area contributed by atoms with Crippen molar-refractivity contribution in [3.05, 3.63) is 12.2 Å². The molecule has 1 heterocycles. The Morgan fingerprint density at radius 1 is 0.468 bits per heavy atom. The predicted molar refractivity (Wildman–Crippen MR) is 320 cm³/mol. The van der Waals surface area contributed by atoms with Crippen molar-refractivity contribution < 1.29 is 49.3 Å². The maximum atomic E-state index is 13.1. The number of carbonyl (C=O) groups is 2. The molecule has 0 aromatic heterocycles. The molecule has 456 valence electrons. The van der Waals surface area contributed by atoms with Crippen molar-refractivity contribution in [3.8, 4) is 0 Å². The predicted octanol–water partition coefficient (Wildman–Crippen LogP) is 16.3. The molecule has 0 aliphatic carbocycles. The SMILES string of the molecule is CCCCCCCCCCCCCCC/C=C/C(O)C(COC1OC(CO)C(O)C(O)C1O)NC(=O)CCCCCCCCCCCCCCCCCCCCCCCCCOC(=O)CCCCCCCCCCCCC. The molecular formula is C66H127NO10. The van der Waals surface area contributed by atoms with Crippen LogP contribution >= 0.6 is 0 Å². The number of hydrogen-bond acceptors (Lipinski definition) is 10. The molecule has 1 aliphatic rings. The number of nitrogens with one attached hydrogen (secondary N) is 1. The number of amides is 1. The van der Waals surface area contributed by atoms with Crippen LogP contribution in [-0.4, -0.2) is 100 Å². The fourth-order valence-electron chi connectivity index (χ4n) is 10.8. The summed E-state index contributed by atoms with van der Waals surface area (Å²) in [6.45, 7) is 4.38. The molecule has 0 saturated carbocycles. The van der Waals surface area contributed by atoms with Gasteiger partial charge in [0.25, 0.3) is 0 Å². The number of esters is 1. The largest absolute Gasteiger partial charge is 0.466 e. The van der Waals surface area contributed by atoms with E-state index in [-0.39, 0.29) is 18.5 Å². The van der Waals surface area contributed by atoms with Gasteiger partial charge in [-0.1, -0.05) is 302 Å². The van der Waals surface area contributed by atoms with E-state index in [2.05, 4.69) is 19.2 Å². The minimum atomic E-state index is -1.57. The number of aliphatic hydroxyl groups excluding tert-OH is 5. The van der Waals surface area contributed by atoms with Crippen LogP contribution in [0, 0.1) is 0 Å². The van der Waals surface area contributed by atoms with Crippen molar-refractivity contribution in [1.82, 2.24) is 5.32 Å². The lowest BCUT2D eigenvalue weighted by atomic mass is 9.99. The first-order valence-electron chi connectivity index (χ1n) is 33.5. The van der Waals surface area contributed by atoms with Crippen molar-refractivity contribution in [2.45, 2.75) is 378 Å². The Balaban J connectivity index is 2.04. The Hall–Kier alpha value is -1.60. The third-order valence-electron chi connectivity index (χ3n) is 16.2. The molecule has 11 nitrogen and oxygen atoms in total. The molecule has 0 aromatic rings. The highest BCUT2D eigenvalue weighted by molar-refractivity contribution is 5.76. The first-order valence-corrected chi connectivity index (χ1v) is 33.5. The maximum Gasteiger partial charge on any atom is 0.305 e. The number of hydrogen-bond donors (Lipinski definition) is 6. The summed E-state index contributed by atoms with van der Waals surface area (Å²) in [4.78, 5) is 25.1. The van der Waals surface area contributed by atoms with Crippen LogP contribution in [0.5, 0.6) is 0 Å². The third-order valence-corrected chi connectivity index (χ3v) is 16.2. The molecule has 0 aromatic carbocycles. The number of aliphatic hydroxyl groups is 5. The van der Waals surface area contributed by atoms with Gasteiger partial charge in [-0.05, 0) is 32.1 Å². The molecule has 7 unspecified atom stereocenters. The van der Waals surface area contributed by atoms with Crippen molar-refractivity contribution in [3.63, 3.8) is 0 Å². The second-order valence-electron chi connectivity index (χ2n) is 23.5. The molecule has 11 heteroatoms. The number of ether oxygens (including phenoxy) is 3. The van der Waals surface area contributed by atoms with E-state index >= 15 is 0 Å². The van der Waals surface area contributed by atoms with E-state index in [0.717, 1.165) is 57.8 Å². The van der Waals surface area contributed by atoms with Crippen LogP contribution in [0.25, 0.3) is 0 Å². The number of rotatable bonds is 59. The normalized spacial score (nSPS) is 18.6. The summed E-state index contributed by atoms with van der Waals surface area (Å²) in [5.74, 6) is -0.175. The molecule has 77 heavy (non-hydrogen) atoms. The Morgan fingerprint density at radius 3 is 1.21 bits per heavy atom. The summed E-state index contributed by atoms with van der Waals surface area (Å²) in [7, 11) is 0. The first-order chi connectivity index (χ1) is 37.7. The molecule has 6 N–H and O–H groups in total. The van der Waals surface area contributed by atoms with Gasteiger partial charge < -0.3 is 45.1 Å². The highest BCUT2D eigenvalue weighted by Crippen LogP contribution is 2.23. The quantitative estimate of drug-likeness (QED) is 0.0195. The zero-order chi connectivity index (χ0) is 55.9. The van der Waals surface area contributed by atoms with Gasteiger partial charge in [0.05, 0.1) is 32.0 Å². The molecule has 1 amide bonds. The molecule has 1 fully saturated rings. The summed E-state index contributed by atoms with van der Waals surface area (Å²) < 4.78 is 16.7. The summed E-state index contributed by atoms with van der Waals surface area (Å²) in [5.41, 5.74) is 0. The van der Waals surface area contributed by atoms with Gasteiger partial charge in [0.2, 0.25) is 5.91 Å². The van der Waals surface area contributed by atoms with Crippen molar-refractivity contribution in [1.29, 1.82) is 0 Å². The van der Waals surface area contributed by atoms with Crippen molar-refractivity contribution >= 4 is 11.9 Å². The molecular weight excluding hydrogens is 967 g/mol. The molecule has 1 rings (SSSR count). The van der Waals surface area contributed by atoms with Gasteiger partial charge >= 0.3 is 5.97 Å². The smallest absolute Gasteiger partial charge is 0.305 e. The van der Waals surface area contributed by atoms with Crippen LogP contribution in [-0.2, 0) is 23.8 Å². The Morgan fingerprint density at radius 2 is 0.818 bits per heavy atom. The van der Waals surface area contributed by atoms with Crippen LogP contribution in [0.4, 0.5) is 0 Å². The van der Waals surface area contributed by atoms with E-state index in [0.29, 0.717) is 19.4 Å². The first kappa shape index (κ1) is 73.4. The molecule has 0 bridgehead atoms. The van der Waals surface area contributed by atoms with Crippen LogP contribution in [0.15, 0.2) is 12.2 Å². The van der Waals surface area contributed by atoms with Gasteiger partial charge in [-0.3, -0.25) is 9.59 Å². The van der Waals surface area contributed by atoms with Gasteiger partial charge in [-0.15, -0.1) is 0 Å². The van der Waals surface area contributed by atoms with E-state index in [9.17, 15) is 35.1 Å². The van der Waals surface area contributed by atoms with E-state index in [1.165, 1.54) is 250 Å². The lowest BCUT2D eigenvalue weighted by Gasteiger charge is -2.40. The minimum Gasteiger partial charge on any atom is -0.466 e. The minimum absolute atomic E-state index is 0.00316. The number of allylic oxidation sites excluding steroid dienone is 1. The fraction of sp³-hybridized carbons (Fsp3) is 0.939. The van der Waals surface area contributed by atoms with Crippen molar-refractivity contribution in [2.75, 3.05) is 19.8 Å². The summed E-state index contributed by atoms with van der Waals surface area (Å²) in [6, 6.07) is -0.809. The van der Waals surface area contributed by atoms with Crippen LogP contribution in [0.3, 0.4) is 0 Å². The van der Waals surface area contributed by atoms with Crippen molar-refractivity contribution in [2.24, 2.45) is 0 Å². The topological polar surface area (TPSA) is 175 Å². The summed E-state index contributed by atoms with van der Waals surface area (Å²) in [6.07, 6.45) is 57.4. The van der Waals surface area contributed by atoms with Crippen LogP contribution in [0.2, 0.25) is 0 Å². The van der Waals surface area contributed by atoms with Gasteiger partial charge in [0.1, 0.15) is 24.4 Å². The third kappa shape index (κ3) is 45.7. The zero-order valence-electron chi connectivity index (χ0n) is 50.5. The molecule has 1 saturated heterocycles. The Bertz CT molecular complexity index is 1280. The van der Waals surface area contributed by atoms with E-state index in [1.54, 1.807) is 6.08 Å². The second kappa shape index (κ2) is 56.3. The number of carbonyl (C=O) groups excluding carboxylic acids is 2. The lowest BCUT2D eigenvalue weighted by molar-refractivity contribution is -0.302.